The van der Waals surface area contributed by atoms with Gasteiger partial charge in [0.1, 0.15) is 0 Å². The van der Waals surface area contributed by atoms with Crippen LogP contribution in [0.2, 0.25) is 0 Å². The molecule has 0 bridgehead atoms. The Morgan fingerprint density at radius 1 is 1.23 bits per heavy atom. The number of alkyl halides is 3. The molecule has 2 unspecified atom stereocenters. The molecule has 1 saturated heterocycles. The summed E-state index contributed by atoms with van der Waals surface area (Å²) in [5.41, 5.74) is 2.81. The van der Waals surface area contributed by atoms with Crippen molar-refractivity contribution < 1.29 is 13.2 Å². The number of fused-ring (bicyclic) bond motifs is 1. The molecule has 1 fully saturated rings. The Morgan fingerprint density at radius 3 is 2.67 bits per heavy atom. The summed E-state index contributed by atoms with van der Waals surface area (Å²) in [6.07, 6.45) is -2.39. The van der Waals surface area contributed by atoms with Crippen molar-refractivity contribution in [1.82, 2.24) is 20.4 Å². The maximum absolute atomic E-state index is 12.6. The number of hydrogen-bond donors (Lipinski definition) is 2. The van der Waals surface area contributed by atoms with Gasteiger partial charge in [-0.1, -0.05) is 24.3 Å². The van der Waals surface area contributed by atoms with Crippen LogP contribution in [-0.2, 0) is 13.0 Å². The molecule has 0 saturated carbocycles. The van der Waals surface area contributed by atoms with Crippen LogP contribution in [0.3, 0.4) is 0 Å². The Balaban J connectivity index is 0.00000320. The lowest BCUT2D eigenvalue weighted by molar-refractivity contribution is -0.143. The van der Waals surface area contributed by atoms with Crippen molar-refractivity contribution in [2.75, 3.05) is 39.3 Å². The lowest BCUT2D eigenvalue weighted by Crippen LogP contribution is -2.46. The molecule has 2 atom stereocenters. The van der Waals surface area contributed by atoms with Gasteiger partial charge in [0.2, 0.25) is 0 Å². The van der Waals surface area contributed by atoms with Gasteiger partial charge >= 0.3 is 6.18 Å². The van der Waals surface area contributed by atoms with Crippen molar-refractivity contribution in [3.05, 3.63) is 35.4 Å². The predicted octanol–water partition coefficient (Wildman–Crippen LogP) is 3.24. The molecule has 2 heterocycles. The molecule has 1 aromatic carbocycles. The first-order valence-electron chi connectivity index (χ1n) is 10.5. The number of halogens is 4. The summed E-state index contributed by atoms with van der Waals surface area (Å²) in [4.78, 5) is 8.61. The monoisotopic (exact) mass is 539 g/mol. The third-order valence-corrected chi connectivity index (χ3v) is 5.66. The van der Waals surface area contributed by atoms with E-state index in [4.69, 9.17) is 4.99 Å². The smallest absolute Gasteiger partial charge is 0.357 e. The zero-order valence-corrected chi connectivity index (χ0v) is 20.0. The quantitative estimate of drug-likeness (QED) is 0.331. The second-order valence-corrected chi connectivity index (χ2v) is 8.04. The summed E-state index contributed by atoms with van der Waals surface area (Å²) < 4.78 is 37.8. The van der Waals surface area contributed by atoms with Crippen molar-refractivity contribution >= 4 is 29.9 Å². The maximum atomic E-state index is 12.6. The second-order valence-electron chi connectivity index (χ2n) is 8.04. The number of guanidine groups is 1. The summed E-state index contributed by atoms with van der Waals surface area (Å²) in [6.45, 7) is 7.51. The van der Waals surface area contributed by atoms with Gasteiger partial charge in [0.15, 0.2) is 5.96 Å². The van der Waals surface area contributed by atoms with Crippen LogP contribution in [0, 0.1) is 0 Å². The van der Waals surface area contributed by atoms with Crippen LogP contribution in [-0.4, -0.2) is 73.3 Å². The van der Waals surface area contributed by atoms with Gasteiger partial charge in [-0.3, -0.25) is 14.8 Å². The summed E-state index contributed by atoms with van der Waals surface area (Å²) >= 11 is 0. The van der Waals surface area contributed by atoms with Gasteiger partial charge in [0, 0.05) is 44.8 Å². The topological polar surface area (TPSA) is 42.9 Å². The van der Waals surface area contributed by atoms with Crippen LogP contribution in [0.4, 0.5) is 13.2 Å². The Kier molecular flexibility index (Phi) is 9.67. The normalized spacial score (nSPS) is 21.6. The van der Waals surface area contributed by atoms with Crippen LogP contribution in [0.25, 0.3) is 0 Å². The Bertz CT molecular complexity index is 697. The zero-order chi connectivity index (χ0) is 20.9. The standard InChI is InChI=1S/C21H32F3N5.HI/c1-3-25-20(27-19-9-10-28(14-19)15-21(22,23)24)26-12-16(2)29-11-8-17-6-4-5-7-18(17)13-29;/h4-7,16,19H,3,8-15H2,1-2H3,(H2,25,26,27);1H. The second kappa shape index (κ2) is 11.5. The molecule has 0 aliphatic carbocycles. The minimum absolute atomic E-state index is 0. The van der Waals surface area contributed by atoms with Crippen LogP contribution >= 0.6 is 24.0 Å². The van der Waals surface area contributed by atoms with Gasteiger partial charge < -0.3 is 10.6 Å². The van der Waals surface area contributed by atoms with E-state index in [1.165, 1.54) is 16.0 Å². The molecular weight excluding hydrogens is 506 g/mol. The van der Waals surface area contributed by atoms with E-state index in [0.717, 1.165) is 26.1 Å². The molecule has 2 aliphatic rings. The molecule has 30 heavy (non-hydrogen) atoms. The first kappa shape index (κ1) is 25.2. The molecule has 3 rings (SSSR count). The molecule has 9 heteroatoms. The molecule has 0 radical (unpaired) electrons. The van der Waals surface area contributed by atoms with Crippen LogP contribution in [0.5, 0.6) is 0 Å². The highest BCUT2D eigenvalue weighted by Crippen LogP contribution is 2.21. The van der Waals surface area contributed by atoms with Crippen LogP contribution in [0.1, 0.15) is 31.4 Å². The van der Waals surface area contributed by atoms with Crippen molar-refractivity contribution in [3.8, 4) is 0 Å². The Labute approximate surface area is 194 Å². The lowest BCUT2D eigenvalue weighted by atomic mass is 9.99. The Morgan fingerprint density at radius 2 is 1.97 bits per heavy atom. The van der Waals surface area contributed by atoms with Gasteiger partial charge in [-0.05, 0) is 37.8 Å². The summed E-state index contributed by atoms with van der Waals surface area (Å²) in [6, 6.07) is 8.86. The summed E-state index contributed by atoms with van der Waals surface area (Å²) in [5, 5.41) is 6.54. The van der Waals surface area contributed by atoms with E-state index in [9.17, 15) is 13.2 Å². The molecule has 5 nitrogen and oxygen atoms in total. The highest BCUT2D eigenvalue weighted by molar-refractivity contribution is 14.0. The predicted molar refractivity (Wildman–Crippen MR) is 125 cm³/mol. The minimum Gasteiger partial charge on any atom is -0.357 e. The number of nitrogens with one attached hydrogen (secondary N) is 2. The fourth-order valence-corrected chi connectivity index (χ4v) is 4.09. The Hall–Kier alpha value is -1.07. The summed E-state index contributed by atoms with van der Waals surface area (Å²) in [7, 11) is 0. The number of benzene rings is 1. The lowest BCUT2D eigenvalue weighted by Gasteiger charge is -2.33. The molecule has 2 aliphatic heterocycles. The van der Waals surface area contributed by atoms with Gasteiger partial charge in [0.05, 0.1) is 13.1 Å². The average Bonchev–Trinajstić information content (AvgIpc) is 3.10. The molecule has 0 spiro atoms. The van der Waals surface area contributed by atoms with Crippen molar-refractivity contribution in [2.45, 2.75) is 51.5 Å². The molecule has 0 amide bonds. The number of aliphatic imine (C=N–C) groups is 1. The van der Waals surface area contributed by atoms with E-state index < -0.39 is 12.7 Å². The fraction of sp³-hybridized carbons (Fsp3) is 0.667. The van der Waals surface area contributed by atoms with E-state index in [-0.39, 0.29) is 30.0 Å². The number of rotatable bonds is 6. The largest absolute Gasteiger partial charge is 0.401 e. The first-order valence-corrected chi connectivity index (χ1v) is 10.5. The van der Waals surface area contributed by atoms with Crippen LogP contribution in [0.15, 0.2) is 29.3 Å². The zero-order valence-electron chi connectivity index (χ0n) is 17.7. The van der Waals surface area contributed by atoms with Gasteiger partial charge in [0.25, 0.3) is 0 Å². The first-order chi connectivity index (χ1) is 13.8. The van der Waals surface area contributed by atoms with E-state index in [1.807, 2.05) is 6.92 Å². The molecule has 2 N–H and O–H groups in total. The van der Waals surface area contributed by atoms with Crippen molar-refractivity contribution in [1.29, 1.82) is 0 Å². The van der Waals surface area contributed by atoms with E-state index in [1.54, 1.807) is 0 Å². The van der Waals surface area contributed by atoms with Crippen molar-refractivity contribution in [3.63, 3.8) is 0 Å². The van der Waals surface area contributed by atoms with E-state index >= 15 is 0 Å². The number of likely N-dealkylation sites (tertiary alicyclic amines) is 1. The molecule has 0 aromatic heterocycles. The molecular formula is C21H33F3IN5. The van der Waals surface area contributed by atoms with Gasteiger partial charge in [-0.15, -0.1) is 24.0 Å². The fourth-order valence-electron chi connectivity index (χ4n) is 4.09. The average molecular weight is 539 g/mol. The minimum atomic E-state index is -4.14. The third kappa shape index (κ3) is 7.56. The van der Waals surface area contributed by atoms with Crippen molar-refractivity contribution in [2.24, 2.45) is 4.99 Å². The highest BCUT2D eigenvalue weighted by Gasteiger charge is 2.34. The molecule has 170 valence electrons. The highest BCUT2D eigenvalue weighted by atomic mass is 127. The van der Waals surface area contributed by atoms with E-state index in [0.29, 0.717) is 38.1 Å². The summed E-state index contributed by atoms with van der Waals surface area (Å²) in [5.74, 6) is 0.690. The molecule has 1 aromatic rings. The number of nitrogens with zero attached hydrogens (tertiary/aromatic N) is 3. The number of hydrogen-bond acceptors (Lipinski definition) is 3. The third-order valence-electron chi connectivity index (χ3n) is 5.66. The van der Waals surface area contributed by atoms with Crippen LogP contribution < -0.4 is 10.6 Å². The van der Waals surface area contributed by atoms with Gasteiger partial charge in [-0.25, -0.2) is 0 Å². The SMILES string of the molecule is CCNC(=NCC(C)N1CCc2ccccc2C1)NC1CCN(CC(F)(F)F)C1.I. The van der Waals surface area contributed by atoms with Gasteiger partial charge in [-0.2, -0.15) is 13.2 Å². The van der Waals surface area contributed by atoms with E-state index in [2.05, 4.69) is 46.7 Å². The maximum Gasteiger partial charge on any atom is 0.401 e.